The second-order valence-electron chi connectivity index (χ2n) is 6.07. The molecule has 3 heterocycles. The van der Waals surface area contributed by atoms with Gasteiger partial charge in [-0.3, -0.25) is 9.59 Å². The van der Waals surface area contributed by atoms with Gasteiger partial charge in [-0.25, -0.2) is 0 Å². The highest BCUT2D eigenvalue weighted by Crippen LogP contribution is 2.24. The van der Waals surface area contributed by atoms with Crippen LogP contribution in [0.15, 0.2) is 11.4 Å². The van der Waals surface area contributed by atoms with Crippen LogP contribution < -0.4 is 5.32 Å². The molecule has 2 amide bonds. The molecular formula is C16H24ClN3O2S. The summed E-state index contributed by atoms with van der Waals surface area (Å²) in [6.45, 7) is 5.97. The lowest BCUT2D eigenvalue weighted by Gasteiger charge is -2.34. The van der Waals surface area contributed by atoms with Crippen molar-refractivity contribution in [3.05, 3.63) is 21.9 Å². The summed E-state index contributed by atoms with van der Waals surface area (Å²) in [4.78, 5) is 29.8. The number of nitrogens with zero attached hydrogens (tertiary/aromatic N) is 2. The summed E-state index contributed by atoms with van der Waals surface area (Å²) in [7, 11) is 0. The van der Waals surface area contributed by atoms with Crippen molar-refractivity contribution in [2.24, 2.45) is 0 Å². The van der Waals surface area contributed by atoms with Gasteiger partial charge >= 0.3 is 0 Å². The minimum absolute atomic E-state index is 0. The molecule has 0 aliphatic carbocycles. The Morgan fingerprint density at radius 1 is 1.30 bits per heavy atom. The maximum Gasteiger partial charge on any atom is 0.223 e. The number of fused-ring (bicyclic) bond motifs is 1. The third-order valence-electron chi connectivity index (χ3n) is 4.53. The molecular weight excluding hydrogens is 334 g/mol. The zero-order chi connectivity index (χ0) is 15.5. The van der Waals surface area contributed by atoms with E-state index >= 15 is 0 Å². The number of rotatable bonds is 3. The van der Waals surface area contributed by atoms with E-state index in [0.29, 0.717) is 19.4 Å². The molecule has 0 radical (unpaired) electrons. The number of hydrogen-bond acceptors (Lipinski definition) is 4. The molecule has 0 bridgehead atoms. The first-order valence-electron chi connectivity index (χ1n) is 7.98. The van der Waals surface area contributed by atoms with Crippen LogP contribution >= 0.6 is 23.7 Å². The van der Waals surface area contributed by atoms with Crippen LogP contribution in [0.25, 0.3) is 0 Å². The Balaban J connectivity index is 0.00000192. The maximum absolute atomic E-state index is 12.3. The van der Waals surface area contributed by atoms with Crippen LogP contribution in [0, 0.1) is 0 Å². The highest BCUT2D eigenvalue weighted by Gasteiger charge is 2.25. The Labute approximate surface area is 147 Å². The molecule has 7 heteroatoms. The van der Waals surface area contributed by atoms with Crippen molar-refractivity contribution < 1.29 is 9.59 Å². The first-order valence-corrected chi connectivity index (χ1v) is 8.86. The number of amides is 2. The van der Waals surface area contributed by atoms with E-state index < -0.39 is 0 Å². The molecule has 5 nitrogen and oxygen atoms in total. The second-order valence-corrected chi connectivity index (χ2v) is 7.08. The number of hydrogen-bond donors (Lipinski definition) is 1. The molecule has 23 heavy (non-hydrogen) atoms. The standard InChI is InChI=1S/C16H23N3O2S.ClH/c1-12-10-17-6-8-19(12)16(21)3-2-15(20)18-7-4-14-13(11-18)5-9-22-14;/h5,9,12,17H,2-4,6-8,10-11H2,1H3;1H/t12-;/m0./s1. The number of carbonyl (C=O) groups excluding carboxylic acids is 2. The van der Waals surface area contributed by atoms with Crippen LogP contribution in [0.3, 0.4) is 0 Å². The van der Waals surface area contributed by atoms with Crippen molar-refractivity contribution >= 4 is 35.6 Å². The molecule has 1 atom stereocenters. The lowest BCUT2D eigenvalue weighted by Crippen LogP contribution is -2.52. The van der Waals surface area contributed by atoms with Gasteiger partial charge in [-0.15, -0.1) is 23.7 Å². The lowest BCUT2D eigenvalue weighted by atomic mass is 10.1. The van der Waals surface area contributed by atoms with Gasteiger partial charge in [0.2, 0.25) is 11.8 Å². The largest absolute Gasteiger partial charge is 0.338 e. The minimum atomic E-state index is 0. The smallest absolute Gasteiger partial charge is 0.223 e. The molecule has 1 aromatic rings. The number of thiophene rings is 1. The van der Waals surface area contributed by atoms with Gasteiger partial charge in [0.05, 0.1) is 0 Å². The molecule has 2 aliphatic rings. The van der Waals surface area contributed by atoms with E-state index in [0.717, 1.165) is 32.6 Å². The van der Waals surface area contributed by atoms with Crippen LogP contribution in [0.1, 0.15) is 30.2 Å². The number of piperazine rings is 1. The summed E-state index contributed by atoms with van der Waals surface area (Å²) in [5, 5.41) is 5.37. The van der Waals surface area contributed by atoms with Crippen LogP contribution in [-0.2, 0) is 22.6 Å². The van der Waals surface area contributed by atoms with Crippen LogP contribution in [0.4, 0.5) is 0 Å². The molecule has 1 fully saturated rings. The molecule has 1 saturated heterocycles. The highest BCUT2D eigenvalue weighted by molar-refractivity contribution is 7.10. The third-order valence-corrected chi connectivity index (χ3v) is 5.56. The molecule has 0 saturated carbocycles. The molecule has 1 N–H and O–H groups in total. The monoisotopic (exact) mass is 357 g/mol. The van der Waals surface area contributed by atoms with Gasteiger partial charge in [-0.1, -0.05) is 0 Å². The molecule has 0 unspecified atom stereocenters. The van der Waals surface area contributed by atoms with Gasteiger partial charge in [-0.05, 0) is 30.4 Å². The van der Waals surface area contributed by atoms with Gasteiger partial charge in [0.1, 0.15) is 0 Å². The van der Waals surface area contributed by atoms with Crippen molar-refractivity contribution in [2.45, 2.75) is 38.8 Å². The van der Waals surface area contributed by atoms with E-state index in [1.165, 1.54) is 10.4 Å². The minimum Gasteiger partial charge on any atom is -0.338 e. The molecule has 128 valence electrons. The molecule has 1 aromatic heterocycles. The zero-order valence-electron chi connectivity index (χ0n) is 13.4. The molecule has 0 aromatic carbocycles. The van der Waals surface area contributed by atoms with Gasteiger partial charge in [0, 0.05) is 56.5 Å². The Bertz CT molecular complexity index is 563. The summed E-state index contributed by atoms with van der Waals surface area (Å²) in [6, 6.07) is 2.33. The maximum atomic E-state index is 12.3. The summed E-state index contributed by atoms with van der Waals surface area (Å²) in [5.74, 6) is 0.212. The quantitative estimate of drug-likeness (QED) is 0.895. The zero-order valence-corrected chi connectivity index (χ0v) is 15.0. The average molecular weight is 358 g/mol. The van der Waals surface area contributed by atoms with Crippen molar-refractivity contribution in [3.63, 3.8) is 0 Å². The van der Waals surface area contributed by atoms with Gasteiger partial charge < -0.3 is 15.1 Å². The third kappa shape index (κ3) is 4.25. The predicted octanol–water partition coefficient (Wildman–Crippen LogP) is 1.66. The van der Waals surface area contributed by atoms with E-state index in [2.05, 4.69) is 23.7 Å². The molecule has 0 spiro atoms. The SMILES string of the molecule is C[C@H]1CNCCN1C(=O)CCC(=O)N1CCc2sccc2C1.Cl. The van der Waals surface area contributed by atoms with Crippen molar-refractivity contribution in [2.75, 3.05) is 26.2 Å². The Hall–Kier alpha value is -1.11. The van der Waals surface area contributed by atoms with Crippen molar-refractivity contribution in [3.8, 4) is 0 Å². The normalized spacial score (nSPS) is 20.7. The van der Waals surface area contributed by atoms with Crippen LogP contribution in [0.5, 0.6) is 0 Å². The van der Waals surface area contributed by atoms with Crippen LogP contribution in [-0.4, -0.2) is 53.8 Å². The van der Waals surface area contributed by atoms with Gasteiger partial charge in [0.25, 0.3) is 0 Å². The summed E-state index contributed by atoms with van der Waals surface area (Å²) in [6.07, 6.45) is 1.60. The average Bonchev–Trinajstić information content (AvgIpc) is 3.00. The van der Waals surface area contributed by atoms with Crippen molar-refractivity contribution in [1.82, 2.24) is 15.1 Å². The molecule has 2 aliphatic heterocycles. The predicted molar refractivity (Wildman–Crippen MR) is 94.0 cm³/mol. The molecule has 3 rings (SSSR count). The number of carbonyl (C=O) groups is 2. The second kappa shape index (κ2) is 8.13. The summed E-state index contributed by atoms with van der Waals surface area (Å²) < 4.78 is 0. The lowest BCUT2D eigenvalue weighted by molar-refractivity contribution is -0.139. The summed E-state index contributed by atoms with van der Waals surface area (Å²) >= 11 is 1.77. The van der Waals surface area contributed by atoms with E-state index in [9.17, 15) is 9.59 Å². The van der Waals surface area contributed by atoms with Crippen LogP contribution in [0.2, 0.25) is 0 Å². The number of nitrogens with one attached hydrogen (secondary N) is 1. The van der Waals surface area contributed by atoms with Crippen molar-refractivity contribution in [1.29, 1.82) is 0 Å². The summed E-state index contributed by atoms with van der Waals surface area (Å²) in [5.41, 5.74) is 1.27. The Morgan fingerprint density at radius 3 is 2.87 bits per heavy atom. The Morgan fingerprint density at radius 2 is 2.09 bits per heavy atom. The highest BCUT2D eigenvalue weighted by atomic mass is 35.5. The van der Waals surface area contributed by atoms with Gasteiger partial charge in [0.15, 0.2) is 0 Å². The Kier molecular flexibility index (Phi) is 6.44. The first-order chi connectivity index (χ1) is 10.6. The fourth-order valence-electron chi connectivity index (χ4n) is 3.19. The first kappa shape index (κ1) is 18.2. The number of halogens is 1. The van der Waals surface area contributed by atoms with E-state index in [-0.39, 0.29) is 30.3 Å². The van der Waals surface area contributed by atoms with Gasteiger partial charge in [-0.2, -0.15) is 0 Å². The van der Waals surface area contributed by atoms with E-state index in [4.69, 9.17) is 0 Å². The fraction of sp³-hybridized carbons (Fsp3) is 0.625. The fourth-order valence-corrected chi connectivity index (χ4v) is 4.08. The topological polar surface area (TPSA) is 52.7 Å². The van der Waals surface area contributed by atoms with E-state index in [1.54, 1.807) is 11.3 Å². The van der Waals surface area contributed by atoms with E-state index in [1.807, 2.05) is 9.80 Å².